The maximum Gasteiger partial charge on any atom is 0.269 e. The van der Waals surface area contributed by atoms with Crippen LogP contribution in [-0.4, -0.2) is 24.7 Å². The summed E-state index contributed by atoms with van der Waals surface area (Å²) in [5.74, 6) is 0. The Labute approximate surface area is 107 Å². The van der Waals surface area contributed by atoms with Gasteiger partial charge in [0.15, 0.2) is 0 Å². The number of nitro groups is 1. The summed E-state index contributed by atoms with van der Waals surface area (Å²) in [6.07, 6.45) is 0.996. The third kappa shape index (κ3) is 4.09. The summed E-state index contributed by atoms with van der Waals surface area (Å²) >= 11 is 0. The second-order valence-corrected chi connectivity index (χ2v) is 4.27. The highest BCUT2D eigenvalue weighted by atomic mass is 16.6. The minimum absolute atomic E-state index is 0.113. The van der Waals surface area contributed by atoms with Crippen molar-refractivity contribution >= 4 is 5.69 Å². The van der Waals surface area contributed by atoms with Gasteiger partial charge in [0.25, 0.3) is 5.69 Å². The first-order valence-electron chi connectivity index (χ1n) is 6.09. The van der Waals surface area contributed by atoms with Crippen molar-refractivity contribution < 1.29 is 9.66 Å². The Morgan fingerprint density at radius 3 is 2.78 bits per heavy atom. The predicted molar refractivity (Wildman–Crippen MR) is 70.6 cm³/mol. The Morgan fingerprint density at radius 1 is 1.50 bits per heavy atom. The van der Waals surface area contributed by atoms with E-state index in [1.54, 1.807) is 19.2 Å². The number of rotatable bonds is 7. The molecule has 0 saturated heterocycles. The van der Waals surface area contributed by atoms with Gasteiger partial charge >= 0.3 is 0 Å². The fourth-order valence-corrected chi connectivity index (χ4v) is 1.74. The average Bonchev–Trinajstić information content (AvgIpc) is 2.39. The van der Waals surface area contributed by atoms with Gasteiger partial charge in [-0.15, -0.1) is 0 Å². The average molecular weight is 252 g/mol. The number of hydrogen-bond donors (Lipinski definition) is 1. The van der Waals surface area contributed by atoms with Crippen molar-refractivity contribution in [2.24, 2.45) is 0 Å². The zero-order chi connectivity index (χ0) is 13.5. The number of nitro benzene ring substituents is 1. The summed E-state index contributed by atoms with van der Waals surface area (Å²) in [5, 5.41) is 14.1. The van der Waals surface area contributed by atoms with Crippen LogP contribution in [0.25, 0.3) is 0 Å². The molecule has 0 amide bonds. The predicted octanol–water partition coefficient (Wildman–Crippen LogP) is 2.67. The minimum atomic E-state index is -0.367. The van der Waals surface area contributed by atoms with Crippen molar-refractivity contribution in [3.05, 3.63) is 39.9 Å². The molecule has 100 valence electrons. The molecule has 2 unspecified atom stereocenters. The Balaban J connectivity index is 2.75. The van der Waals surface area contributed by atoms with Gasteiger partial charge in [-0.1, -0.05) is 19.1 Å². The molecule has 0 radical (unpaired) electrons. The summed E-state index contributed by atoms with van der Waals surface area (Å²) in [7, 11) is 1.67. The first-order valence-corrected chi connectivity index (χ1v) is 6.09. The van der Waals surface area contributed by atoms with Crippen molar-refractivity contribution in [2.45, 2.75) is 32.4 Å². The second-order valence-electron chi connectivity index (χ2n) is 4.27. The van der Waals surface area contributed by atoms with Crippen LogP contribution < -0.4 is 5.32 Å². The summed E-state index contributed by atoms with van der Waals surface area (Å²) in [6.45, 7) is 4.75. The zero-order valence-electron chi connectivity index (χ0n) is 11.1. The summed E-state index contributed by atoms with van der Waals surface area (Å²) in [5.41, 5.74) is 1.07. The van der Waals surface area contributed by atoms with Crippen molar-refractivity contribution in [1.82, 2.24) is 5.32 Å². The standard InChI is InChI=1S/C13H20N2O3/c1-4-13(14-9-10(2)18-3)11-6-5-7-12(8-11)15(16)17/h5-8,10,13-14H,4,9H2,1-3H3. The van der Waals surface area contributed by atoms with Crippen molar-refractivity contribution in [3.8, 4) is 0 Å². The molecule has 2 atom stereocenters. The monoisotopic (exact) mass is 252 g/mol. The first-order chi connectivity index (χ1) is 8.58. The van der Waals surface area contributed by atoms with Gasteiger partial charge in [-0.3, -0.25) is 10.1 Å². The van der Waals surface area contributed by atoms with Crippen LogP contribution in [0.15, 0.2) is 24.3 Å². The van der Waals surface area contributed by atoms with Crippen LogP contribution in [0.1, 0.15) is 31.9 Å². The lowest BCUT2D eigenvalue weighted by molar-refractivity contribution is -0.384. The molecule has 0 spiro atoms. The van der Waals surface area contributed by atoms with Crippen LogP contribution in [-0.2, 0) is 4.74 Å². The molecule has 5 nitrogen and oxygen atoms in total. The fourth-order valence-electron chi connectivity index (χ4n) is 1.74. The van der Waals surface area contributed by atoms with Crippen LogP contribution in [0.4, 0.5) is 5.69 Å². The molecule has 0 saturated carbocycles. The number of nitrogens with zero attached hydrogens (tertiary/aromatic N) is 1. The number of ether oxygens (including phenoxy) is 1. The normalized spacial score (nSPS) is 14.2. The molecular weight excluding hydrogens is 232 g/mol. The number of nitrogens with one attached hydrogen (secondary N) is 1. The number of benzene rings is 1. The van der Waals surface area contributed by atoms with Gasteiger partial charge in [0, 0.05) is 31.8 Å². The van der Waals surface area contributed by atoms with E-state index in [9.17, 15) is 10.1 Å². The Hall–Kier alpha value is -1.46. The maximum atomic E-state index is 10.7. The van der Waals surface area contributed by atoms with E-state index < -0.39 is 0 Å². The molecule has 0 aliphatic carbocycles. The lowest BCUT2D eigenvalue weighted by atomic mass is 10.0. The molecule has 1 aromatic carbocycles. The van der Waals surface area contributed by atoms with Crippen LogP contribution in [0, 0.1) is 10.1 Å². The molecule has 1 rings (SSSR count). The van der Waals surface area contributed by atoms with Gasteiger partial charge in [-0.2, -0.15) is 0 Å². The van der Waals surface area contributed by atoms with Crippen molar-refractivity contribution in [1.29, 1.82) is 0 Å². The van der Waals surface area contributed by atoms with E-state index in [0.717, 1.165) is 18.5 Å². The maximum absolute atomic E-state index is 10.7. The van der Waals surface area contributed by atoms with E-state index in [2.05, 4.69) is 5.32 Å². The summed E-state index contributed by atoms with van der Waals surface area (Å²) in [4.78, 5) is 10.4. The van der Waals surface area contributed by atoms with E-state index in [4.69, 9.17) is 4.74 Å². The molecule has 0 bridgehead atoms. The molecule has 1 aromatic rings. The molecule has 5 heteroatoms. The van der Waals surface area contributed by atoms with E-state index in [0.29, 0.717) is 0 Å². The van der Waals surface area contributed by atoms with Crippen LogP contribution in [0.2, 0.25) is 0 Å². The molecule has 0 aliphatic heterocycles. The highest BCUT2D eigenvalue weighted by Gasteiger charge is 2.13. The molecule has 0 aliphatic rings. The molecule has 18 heavy (non-hydrogen) atoms. The number of non-ortho nitro benzene ring substituents is 1. The van der Waals surface area contributed by atoms with Gasteiger partial charge in [0.2, 0.25) is 0 Å². The van der Waals surface area contributed by atoms with Crippen LogP contribution in [0.5, 0.6) is 0 Å². The van der Waals surface area contributed by atoms with Gasteiger partial charge < -0.3 is 10.1 Å². The smallest absolute Gasteiger partial charge is 0.269 e. The number of hydrogen-bond acceptors (Lipinski definition) is 4. The van der Waals surface area contributed by atoms with Crippen LogP contribution in [0.3, 0.4) is 0 Å². The van der Waals surface area contributed by atoms with Gasteiger partial charge in [-0.05, 0) is 18.9 Å². The van der Waals surface area contributed by atoms with Crippen molar-refractivity contribution in [2.75, 3.05) is 13.7 Å². The number of methoxy groups -OCH3 is 1. The molecule has 0 aromatic heterocycles. The molecular formula is C13H20N2O3. The Morgan fingerprint density at radius 2 is 2.22 bits per heavy atom. The Kier molecular flexibility index (Phi) is 5.74. The van der Waals surface area contributed by atoms with E-state index in [-0.39, 0.29) is 22.8 Å². The first kappa shape index (κ1) is 14.6. The molecule has 0 fully saturated rings. The van der Waals surface area contributed by atoms with E-state index in [1.807, 2.05) is 19.9 Å². The van der Waals surface area contributed by atoms with E-state index >= 15 is 0 Å². The lowest BCUT2D eigenvalue weighted by Gasteiger charge is -2.19. The zero-order valence-corrected chi connectivity index (χ0v) is 11.1. The quantitative estimate of drug-likeness (QED) is 0.598. The molecule has 1 N–H and O–H groups in total. The highest BCUT2D eigenvalue weighted by molar-refractivity contribution is 5.35. The Bertz CT molecular complexity index is 396. The third-order valence-electron chi connectivity index (χ3n) is 2.95. The topological polar surface area (TPSA) is 64.4 Å². The highest BCUT2D eigenvalue weighted by Crippen LogP contribution is 2.21. The fraction of sp³-hybridized carbons (Fsp3) is 0.538. The minimum Gasteiger partial charge on any atom is -0.380 e. The summed E-state index contributed by atoms with van der Waals surface area (Å²) in [6, 6.07) is 6.87. The largest absolute Gasteiger partial charge is 0.380 e. The summed E-state index contributed by atoms with van der Waals surface area (Å²) < 4.78 is 5.17. The third-order valence-corrected chi connectivity index (χ3v) is 2.95. The molecule has 0 heterocycles. The second kappa shape index (κ2) is 7.08. The SMILES string of the molecule is CCC(NCC(C)OC)c1cccc([N+](=O)[O-])c1. The van der Waals surface area contributed by atoms with Gasteiger partial charge in [0.1, 0.15) is 0 Å². The van der Waals surface area contributed by atoms with Crippen molar-refractivity contribution in [3.63, 3.8) is 0 Å². The van der Waals surface area contributed by atoms with Crippen LogP contribution >= 0.6 is 0 Å². The van der Waals surface area contributed by atoms with Gasteiger partial charge in [0.05, 0.1) is 11.0 Å². The van der Waals surface area contributed by atoms with Gasteiger partial charge in [-0.25, -0.2) is 0 Å². The van der Waals surface area contributed by atoms with E-state index in [1.165, 1.54) is 6.07 Å². The lowest BCUT2D eigenvalue weighted by Crippen LogP contribution is -2.29.